The number of nitrogens with zero attached hydrogens (tertiary/aromatic N) is 3. The molecule has 0 N–H and O–H groups in total. The quantitative estimate of drug-likeness (QED) is 0.165. The maximum absolute atomic E-state index is 2.46. The van der Waals surface area contributed by atoms with Crippen molar-refractivity contribution in [3.8, 4) is 44.8 Å². The van der Waals surface area contributed by atoms with Crippen LogP contribution in [0.15, 0.2) is 224 Å². The molecule has 0 aliphatic carbocycles. The molecule has 292 valence electrons. The van der Waals surface area contributed by atoms with Crippen molar-refractivity contribution in [2.75, 3.05) is 0 Å². The van der Waals surface area contributed by atoms with E-state index in [1.807, 2.05) is 0 Å². The second-order valence-electron chi connectivity index (χ2n) is 16.9. The molecule has 0 spiro atoms. The Morgan fingerprint density at radius 1 is 0.206 bits per heavy atom. The second-order valence-corrected chi connectivity index (χ2v) is 16.9. The van der Waals surface area contributed by atoms with Gasteiger partial charge < -0.3 is 13.5 Å². The number of hydrogen-bond donors (Lipinski definition) is 0. The van der Waals surface area contributed by atoms with Crippen LogP contribution in [0, 0.1) is 0 Å². The zero-order valence-electron chi connectivity index (χ0n) is 34.2. The first kappa shape index (κ1) is 34.3. The van der Waals surface area contributed by atoms with E-state index in [0.717, 1.165) is 0 Å². The van der Waals surface area contributed by atoms with Crippen LogP contribution in [0.1, 0.15) is 0 Å². The lowest BCUT2D eigenvalue weighted by Crippen LogP contribution is -1.94. The summed E-state index contributed by atoms with van der Waals surface area (Å²) >= 11 is 0. The minimum absolute atomic E-state index is 1.18. The molecule has 0 atom stereocenters. The Morgan fingerprint density at radius 2 is 0.540 bits per heavy atom. The zero-order chi connectivity index (χ0) is 41.2. The van der Waals surface area contributed by atoms with Crippen LogP contribution in [-0.4, -0.2) is 13.5 Å². The van der Waals surface area contributed by atoms with Crippen LogP contribution in [0.3, 0.4) is 0 Å². The summed E-state index contributed by atoms with van der Waals surface area (Å²) in [5, 5.41) is 10.2. The van der Waals surface area contributed by atoms with Crippen molar-refractivity contribution in [1.29, 1.82) is 0 Å². The van der Waals surface area contributed by atoms with Crippen LogP contribution in [-0.2, 0) is 0 Å². The van der Waals surface area contributed by atoms with Gasteiger partial charge in [-0.05, 0) is 106 Å². The van der Waals surface area contributed by atoms with E-state index in [4.69, 9.17) is 0 Å². The smallest absolute Gasteiger partial charge is 0.0622 e. The molecule has 3 heteroatoms. The number of para-hydroxylation sites is 5. The maximum atomic E-state index is 2.46. The molecule has 0 fully saturated rings. The van der Waals surface area contributed by atoms with Crippen LogP contribution >= 0.6 is 0 Å². The monoisotopic (exact) mass is 799 g/mol. The molecular weight excluding hydrogens is 763 g/mol. The molecule has 14 rings (SSSR count). The molecule has 4 heterocycles. The standard InChI is InChI=1S/C60H37N3/c1-2-12-44(13-3-1)61-54-18-8-4-14-46(54)50-34-42(30-32-58(50)61)40-26-22-38(23-27-40)39-24-28-41(29-25-39)43-31-33-59-51(35-43)47-15-5-9-19-55(47)62(59)45-36-52-48-16-6-10-20-56(48)63-57-21-11-7-17-49(57)53(37-45)60(52)63/h1-37H. The summed E-state index contributed by atoms with van der Waals surface area (Å²) < 4.78 is 7.28. The first-order valence-corrected chi connectivity index (χ1v) is 21.8. The summed E-state index contributed by atoms with van der Waals surface area (Å²) in [6.45, 7) is 0. The lowest BCUT2D eigenvalue weighted by molar-refractivity contribution is 1.18. The van der Waals surface area contributed by atoms with Crippen LogP contribution in [0.4, 0.5) is 0 Å². The predicted octanol–water partition coefficient (Wildman–Crippen LogP) is 16.0. The fraction of sp³-hybridized carbons (Fsp3) is 0. The number of benzene rings is 10. The average molecular weight is 800 g/mol. The van der Waals surface area contributed by atoms with Crippen molar-refractivity contribution in [3.05, 3.63) is 224 Å². The molecule has 10 aromatic carbocycles. The van der Waals surface area contributed by atoms with Crippen molar-refractivity contribution in [2.24, 2.45) is 0 Å². The van der Waals surface area contributed by atoms with Gasteiger partial charge in [0.15, 0.2) is 0 Å². The van der Waals surface area contributed by atoms with Crippen molar-refractivity contribution < 1.29 is 0 Å². The first-order chi connectivity index (χ1) is 31.2. The van der Waals surface area contributed by atoms with Gasteiger partial charge in [-0.15, -0.1) is 0 Å². The Balaban J connectivity index is 0.816. The SMILES string of the molecule is c1ccc(-n2c3ccccc3c3cc(-c4ccc(-c5ccc(-c6ccc7c(c6)c6ccccc6n7-c6cc7c8ccccc8n8c9ccccc9c(c6)c78)cc5)cc4)ccc32)cc1. The number of hydrogen-bond acceptors (Lipinski definition) is 0. The van der Waals surface area contributed by atoms with E-state index in [1.54, 1.807) is 0 Å². The number of aromatic nitrogens is 3. The highest BCUT2D eigenvalue weighted by atomic mass is 15.0. The van der Waals surface area contributed by atoms with Gasteiger partial charge in [0.2, 0.25) is 0 Å². The summed E-state index contributed by atoms with van der Waals surface area (Å²) in [6.07, 6.45) is 0. The van der Waals surface area contributed by atoms with Gasteiger partial charge in [-0.2, -0.15) is 0 Å². The Kier molecular flexibility index (Phi) is 7.11. The summed E-state index contributed by atoms with van der Waals surface area (Å²) in [5.74, 6) is 0. The summed E-state index contributed by atoms with van der Waals surface area (Å²) in [6, 6.07) is 82.6. The van der Waals surface area contributed by atoms with Crippen molar-refractivity contribution >= 4 is 81.7 Å². The van der Waals surface area contributed by atoms with Crippen LogP contribution in [0.5, 0.6) is 0 Å². The van der Waals surface area contributed by atoms with Crippen molar-refractivity contribution in [3.63, 3.8) is 0 Å². The van der Waals surface area contributed by atoms with Crippen molar-refractivity contribution in [1.82, 2.24) is 13.5 Å². The Labute approximate surface area is 362 Å². The molecule has 0 saturated carbocycles. The molecule has 0 aliphatic rings. The molecule has 63 heavy (non-hydrogen) atoms. The maximum Gasteiger partial charge on any atom is 0.0622 e. The van der Waals surface area contributed by atoms with E-state index in [9.17, 15) is 0 Å². The van der Waals surface area contributed by atoms with Gasteiger partial charge in [-0.25, -0.2) is 0 Å². The molecule has 4 aromatic heterocycles. The highest BCUT2D eigenvalue weighted by Gasteiger charge is 2.21. The van der Waals surface area contributed by atoms with Gasteiger partial charge in [-0.3, -0.25) is 0 Å². The van der Waals surface area contributed by atoms with Gasteiger partial charge >= 0.3 is 0 Å². The first-order valence-electron chi connectivity index (χ1n) is 21.8. The molecule has 14 aromatic rings. The van der Waals surface area contributed by atoms with Gasteiger partial charge in [0, 0.05) is 54.5 Å². The van der Waals surface area contributed by atoms with Gasteiger partial charge in [-0.1, -0.05) is 152 Å². The highest BCUT2D eigenvalue weighted by Crippen LogP contribution is 2.43. The molecule has 3 nitrogen and oxygen atoms in total. The van der Waals surface area contributed by atoms with E-state index in [1.165, 1.54) is 126 Å². The predicted molar refractivity (Wildman–Crippen MR) is 266 cm³/mol. The summed E-state index contributed by atoms with van der Waals surface area (Å²) in [7, 11) is 0. The Bertz CT molecular complexity index is 4020. The average Bonchev–Trinajstić information content (AvgIpc) is 4.08. The molecule has 0 bridgehead atoms. The third-order valence-electron chi connectivity index (χ3n) is 13.6. The number of fused-ring (bicyclic) bond motifs is 12. The van der Waals surface area contributed by atoms with E-state index in [-0.39, 0.29) is 0 Å². The molecular formula is C60H37N3. The number of rotatable bonds is 5. The van der Waals surface area contributed by atoms with Crippen molar-refractivity contribution in [2.45, 2.75) is 0 Å². The highest BCUT2D eigenvalue weighted by molar-refractivity contribution is 6.24. The molecule has 0 radical (unpaired) electrons. The zero-order valence-corrected chi connectivity index (χ0v) is 34.2. The largest absolute Gasteiger partial charge is 0.309 e. The van der Waals surface area contributed by atoms with Gasteiger partial charge in [0.1, 0.15) is 0 Å². The van der Waals surface area contributed by atoms with Gasteiger partial charge in [0.05, 0.1) is 38.6 Å². The van der Waals surface area contributed by atoms with E-state index in [0.29, 0.717) is 0 Å². The van der Waals surface area contributed by atoms with Gasteiger partial charge in [0.25, 0.3) is 0 Å². The lowest BCUT2D eigenvalue weighted by atomic mass is 9.97. The minimum Gasteiger partial charge on any atom is -0.309 e. The molecule has 0 saturated heterocycles. The molecule has 0 amide bonds. The van der Waals surface area contributed by atoms with Crippen LogP contribution in [0.25, 0.3) is 126 Å². The minimum atomic E-state index is 1.18. The van der Waals surface area contributed by atoms with E-state index >= 15 is 0 Å². The van der Waals surface area contributed by atoms with E-state index in [2.05, 4.69) is 238 Å². The Morgan fingerprint density at radius 3 is 1.00 bits per heavy atom. The fourth-order valence-electron chi connectivity index (χ4n) is 10.7. The van der Waals surface area contributed by atoms with Crippen LogP contribution in [0.2, 0.25) is 0 Å². The van der Waals surface area contributed by atoms with Crippen LogP contribution < -0.4 is 0 Å². The molecule has 0 unspecified atom stereocenters. The Hall–Kier alpha value is -8.40. The summed E-state index contributed by atoms with van der Waals surface area (Å²) in [5.41, 5.74) is 18.3. The normalized spacial score (nSPS) is 12.1. The summed E-state index contributed by atoms with van der Waals surface area (Å²) in [4.78, 5) is 0. The third kappa shape index (κ3) is 4.96. The van der Waals surface area contributed by atoms with E-state index < -0.39 is 0 Å². The lowest BCUT2D eigenvalue weighted by Gasteiger charge is -2.10. The fourth-order valence-corrected chi connectivity index (χ4v) is 10.7. The third-order valence-corrected chi connectivity index (χ3v) is 13.6. The molecule has 0 aliphatic heterocycles. The second kappa shape index (κ2) is 13.1. The topological polar surface area (TPSA) is 14.3 Å².